The van der Waals surface area contributed by atoms with Crippen LogP contribution in [0.4, 0.5) is 18.9 Å². The number of halogens is 3. The first-order chi connectivity index (χ1) is 14.7. The molecule has 1 unspecified atom stereocenters. The predicted molar refractivity (Wildman–Crippen MR) is 118 cm³/mol. The Morgan fingerprint density at radius 2 is 1.84 bits per heavy atom. The van der Waals surface area contributed by atoms with Crippen LogP contribution in [-0.2, 0) is 22.1 Å². The maximum atomic E-state index is 13.0. The molecule has 1 aromatic rings. The van der Waals surface area contributed by atoms with E-state index >= 15 is 0 Å². The minimum atomic E-state index is -4.31. The lowest BCUT2D eigenvalue weighted by Gasteiger charge is -2.37. The van der Waals surface area contributed by atoms with E-state index in [4.69, 9.17) is 0 Å². The van der Waals surface area contributed by atoms with E-state index in [0.29, 0.717) is 11.6 Å². The van der Waals surface area contributed by atoms with Gasteiger partial charge in [0.05, 0.1) is 11.8 Å². The summed E-state index contributed by atoms with van der Waals surface area (Å²) in [5.74, 6) is 0.602. The lowest BCUT2D eigenvalue weighted by Crippen LogP contribution is -2.47. The highest BCUT2D eigenvalue weighted by Gasteiger charge is 2.31. The third kappa shape index (κ3) is 7.57. The molecule has 0 bridgehead atoms. The van der Waals surface area contributed by atoms with Crippen LogP contribution in [0.1, 0.15) is 37.7 Å². The smallest absolute Gasteiger partial charge is 0.416 e. The fraction of sp³-hybridized carbons (Fsp3) is 0.682. The summed E-state index contributed by atoms with van der Waals surface area (Å²) < 4.78 is 50.0. The lowest BCUT2D eigenvalue weighted by molar-refractivity contribution is -0.137. The molecule has 1 N–H and O–H groups in total. The molecule has 3 rings (SSSR count). The van der Waals surface area contributed by atoms with Crippen molar-refractivity contribution in [2.24, 2.45) is 5.92 Å². The van der Waals surface area contributed by atoms with Crippen LogP contribution in [0.3, 0.4) is 0 Å². The Labute approximate surface area is 185 Å². The van der Waals surface area contributed by atoms with Crippen molar-refractivity contribution in [1.82, 2.24) is 10.2 Å². The first-order valence-corrected chi connectivity index (χ1v) is 12.7. The van der Waals surface area contributed by atoms with Crippen molar-refractivity contribution in [2.75, 3.05) is 49.6 Å². The molecule has 1 aliphatic carbocycles. The zero-order valence-electron chi connectivity index (χ0n) is 18.0. The van der Waals surface area contributed by atoms with Gasteiger partial charge in [-0.2, -0.15) is 13.2 Å². The third-order valence-corrected chi connectivity index (χ3v) is 6.98. The standard InChI is InChI=1S/C22H32F3N3O2S/c1-31(30)16-21(29)26-19-7-5-17(6-8-19)9-10-27-11-13-28(14-12-27)20-4-2-3-18(15-20)22(23,24)25/h2-4,15,17,19H,5-14,16H2,1H3,(H,26,29)/t17-,19-,31?. The molecule has 5 nitrogen and oxygen atoms in total. The Morgan fingerprint density at radius 3 is 2.45 bits per heavy atom. The molecule has 1 saturated heterocycles. The summed E-state index contributed by atoms with van der Waals surface area (Å²) in [6, 6.07) is 5.78. The van der Waals surface area contributed by atoms with Gasteiger partial charge in [0.2, 0.25) is 0 Å². The molecule has 1 atom stereocenters. The first-order valence-electron chi connectivity index (χ1n) is 10.9. The number of nitrogens with zero attached hydrogens (tertiary/aromatic N) is 2. The van der Waals surface area contributed by atoms with E-state index < -0.39 is 22.9 Å². The summed E-state index contributed by atoms with van der Waals surface area (Å²) in [5, 5.41) is 2.99. The van der Waals surface area contributed by atoms with Gasteiger partial charge in [-0.25, -0.2) is 0 Å². The maximum Gasteiger partial charge on any atom is 0.416 e. The Hall–Kier alpha value is -1.45. The van der Waals surface area contributed by atoms with Gasteiger partial charge in [-0.15, -0.1) is 0 Å². The minimum absolute atomic E-state index is 0.0758. The number of amides is 1. The molecule has 174 valence electrons. The van der Waals surface area contributed by atoms with Gasteiger partial charge in [0.15, 0.2) is 5.75 Å². The van der Waals surface area contributed by atoms with Crippen molar-refractivity contribution in [3.05, 3.63) is 29.8 Å². The number of nitrogens with one attached hydrogen (secondary N) is 1. The van der Waals surface area contributed by atoms with E-state index in [0.717, 1.165) is 70.9 Å². The first kappa shape index (κ1) is 24.2. The van der Waals surface area contributed by atoms with Crippen LogP contribution in [0.5, 0.6) is 0 Å². The van der Waals surface area contributed by atoms with Crippen molar-refractivity contribution in [3.63, 3.8) is 0 Å². The molecule has 1 amide bonds. The molecule has 0 aromatic heterocycles. The molecular formula is C22H32F3N3O2S. The monoisotopic (exact) mass is 459 g/mol. The quantitative estimate of drug-likeness (QED) is 0.636. The predicted octanol–water partition coefficient (Wildman–Crippen LogP) is 3.27. The molecule has 0 radical (unpaired) electrons. The SMILES string of the molecule is C[S+]([O-])CC(=O)N[C@H]1CC[C@H](CCN2CCN(c3cccc(C(F)(F)F)c3)CC2)CC1. The molecule has 2 fully saturated rings. The normalized spacial score (nSPS) is 24.1. The van der Waals surface area contributed by atoms with Crippen molar-refractivity contribution in [1.29, 1.82) is 0 Å². The van der Waals surface area contributed by atoms with Crippen LogP contribution in [-0.4, -0.2) is 66.1 Å². The Morgan fingerprint density at radius 1 is 1.16 bits per heavy atom. The molecule has 31 heavy (non-hydrogen) atoms. The Balaban J connectivity index is 1.35. The fourth-order valence-corrected chi connectivity index (χ4v) is 4.98. The van der Waals surface area contributed by atoms with Crippen molar-refractivity contribution in [2.45, 2.75) is 44.3 Å². The average Bonchev–Trinajstić information content (AvgIpc) is 2.72. The molecule has 1 aromatic carbocycles. The van der Waals surface area contributed by atoms with Gasteiger partial charge in [-0.1, -0.05) is 6.07 Å². The zero-order chi connectivity index (χ0) is 22.4. The van der Waals surface area contributed by atoms with Crippen molar-refractivity contribution >= 4 is 22.8 Å². The molecule has 1 aliphatic heterocycles. The largest absolute Gasteiger partial charge is 0.616 e. The summed E-state index contributed by atoms with van der Waals surface area (Å²) >= 11 is -1.10. The van der Waals surface area contributed by atoms with E-state index in [2.05, 4.69) is 10.2 Å². The highest BCUT2D eigenvalue weighted by atomic mass is 32.2. The number of carbonyl (C=O) groups excluding carboxylic acids is 1. The summed E-state index contributed by atoms with van der Waals surface area (Å²) in [7, 11) is 0. The summed E-state index contributed by atoms with van der Waals surface area (Å²) in [5.41, 5.74) is 0.0453. The molecular weight excluding hydrogens is 427 g/mol. The van der Waals surface area contributed by atoms with E-state index in [1.165, 1.54) is 18.4 Å². The van der Waals surface area contributed by atoms with Gasteiger partial charge < -0.3 is 14.8 Å². The van der Waals surface area contributed by atoms with Gasteiger partial charge in [0.1, 0.15) is 0 Å². The molecule has 0 spiro atoms. The highest BCUT2D eigenvalue weighted by Crippen LogP contribution is 2.32. The minimum Gasteiger partial charge on any atom is -0.616 e. The Bertz CT molecular complexity index is 716. The maximum absolute atomic E-state index is 13.0. The number of benzene rings is 1. The third-order valence-electron chi connectivity index (χ3n) is 6.31. The van der Waals surface area contributed by atoms with E-state index in [9.17, 15) is 22.5 Å². The van der Waals surface area contributed by atoms with Crippen molar-refractivity contribution in [3.8, 4) is 0 Å². The summed E-state index contributed by atoms with van der Waals surface area (Å²) in [6.07, 6.45) is 2.45. The highest BCUT2D eigenvalue weighted by molar-refractivity contribution is 7.91. The topological polar surface area (TPSA) is 58.6 Å². The second-order valence-electron chi connectivity index (χ2n) is 8.67. The number of alkyl halides is 3. The number of carbonyl (C=O) groups is 1. The number of hydrogen-bond acceptors (Lipinski definition) is 4. The second-order valence-corrected chi connectivity index (χ2v) is 10.1. The van der Waals surface area contributed by atoms with Gasteiger partial charge in [0, 0.05) is 37.9 Å². The molecule has 2 aliphatic rings. The van der Waals surface area contributed by atoms with Gasteiger partial charge in [0.25, 0.3) is 5.91 Å². The average molecular weight is 460 g/mol. The van der Waals surface area contributed by atoms with Crippen LogP contribution >= 0.6 is 0 Å². The second kappa shape index (κ2) is 10.9. The van der Waals surface area contributed by atoms with Crippen LogP contribution < -0.4 is 10.2 Å². The number of piperazine rings is 1. The number of anilines is 1. The molecule has 1 heterocycles. The van der Waals surface area contributed by atoms with Gasteiger partial charge in [-0.3, -0.25) is 9.69 Å². The fourth-order valence-electron chi connectivity index (χ4n) is 4.52. The molecule has 9 heteroatoms. The number of hydrogen-bond donors (Lipinski definition) is 1. The van der Waals surface area contributed by atoms with E-state index in [-0.39, 0.29) is 17.7 Å². The van der Waals surface area contributed by atoms with Crippen LogP contribution in [0.25, 0.3) is 0 Å². The molecule has 1 saturated carbocycles. The summed E-state index contributed by atoms with van der Waals surface area (Å²) in [6.45, 7) is 4.19. The Kier molecular flexibility index (Phi) is 8.52. The van der Waals surface area contributed by atoms with Gasteiger partial charge in [-0.05, 0) is 73.9 Å². The van der Waals surface area contributed by atoms with Crippen LogP contribution in [0, 0.1) is 5.92 Å². The van der Waals surface area contributed by atoms with Crippen LogP contribution in [0.2, 0.25) is 0 Å². The summed E-state index contributed by atoms with van der Waals surface area (Å²) in [4.78, 5) is 16.2. The van der Waals surface area contributed by atoms with Gasteiger partial charge >= 0.3 is 6.18 Å². The zero-order valence-corrected chi connectivity index (χ0v) is 18.8. The van der Waals surface area contributed by atoms with E-state index in [1.807, 2.05) is 4.90 Å². The van der Waals surface area contributed by atoms with Crippen molar-refractivity contribution < 1.29 is 22.5 Å². The number of rotatable bonds is 7. The lowest BCUT2D eigenvalue weighted by atomic mass is 9.84. The van der Waals surface area contributed by atoms with E-state index in [1.54, 1.807) is 6.07 Å². The van der Waals surface area contributed by atoms with Crippen LogP contribution in [0.15, 0.2) is 24.3 Å².